The largest absolute Gasteiger partial charge is 0.338 e. The van der Waals surface area contributed by atoms with Crippen molar-refractivity contribution in [3.8, 4) is 0 Å². The monoisotopic (exact) mass is 272 g/mol. The minimum absolute atomic E-state index is 0.00523. The van der Waals surface area contributed by atoms with E-state index >= 15 is 0 Å². The minimum Gasteiger partial charge on any atom is -0.338 e. The molecule has 1 aromatic carbocycles. The molecule has 2 aliphatic heterocycles. The van der Waals surface area contributed by atoms with Crippen molar-refractivity contribution in [2.45, 2.75) is 26.7 Å². The quantitative estimate of drug-likeness (QED) is 0.898. The zero-order valence-electron chi connectivity index (χ0n) is 12.0. The maximum absolute atomic E-state index is 12.5. The summed E-state index contributed by atoms with van der Waals surface area (Å²) in [6.07, 6.45) is 1.51. The molecule has 0 aromatic heterocycles. The Labute approximate surface area is 119 Å². The Morgan fingerprint density at radius 1 is 1.40 bits per heavy atom. The number of fused-ring (bicyclic) bond motifs is 1. The van der Waals surface area contributed by atoms with Gasteiger partial charge in [0.15, 0.2) is 0 Å². The fraction of sp³-hybridized carbons (Fsp3) is 0.500. The molecule has 0 aliphatic carbocycles. The first-order valence-electron chi connectivity index (χ1n) is 7.26. The molecule has 0 radical (unpaired) electrons. The highest BCUT2D eigenvalue weighted by molar-refractivity contribution is 6.02. The molecule has 1 fully saturated rings. The number of carbonyl (C=O) groups excluding carboxylic acids is 2. The highest BCUT2D eigenvalue weighted by Gasteiger charge is 2.29. The second-order valence-corrected chi connectivity index (χ2v) is 6.14. The standard InChI is InChI=1S/C16H20N2O2/c1-10(2)13-5-6-18(9-13)16(20)12-4-3-11-8-15(19)17-14(11)7-12/h3-4,7,10,13H,5-6,8-9H2,1-2H3,(H,17,19). The van der Waals surface area contributed by atoms with E-state index in [0.717, 1.165) is 30.8 Å². The van der Waals surface area contributed by atoms with Gasteiger partial charge in [-0.1, -0.05) is 19.9 Å². The van der Waals surface area contributed by atoms with Gasteiger partial charge in [0.2, 0.25) is 5.91 Å². The van der Waals surface area contributed by atoms with Gasteiger partial charge in [-0.25, -0.2) is 0 Å². The van der Waals surface area contributed by atoms with E-state index < -0.39 is 0 Å². The van der Waals surface area contributed by atoms with Crippen LogP contribution in [0.3, 0.4) is 0 Å². The molecular weight excluding hydrogens is 252 g/mol. The number of carbonyl (C=O) groups is 2. The summed E-state index contributed by atoms with van der Waals surface area (Å²) in [6, 6.07) is 5.53. The molecule has 1 aromatic rings. The number of nitrogens with zero attached hydrogens (tertiary/aromatic N) is 1. The summed E-state index contributed by atoms with van der Waals surface area (Å²) >= 11 is 0. The van der Waals surface area contributed by atoms with Crippen LogP contribution in [0.25, 0.3) is 0 Å². The summed E-state index contributed by atoms with van der Waals surface area (Å²) in [5.41, 5.74) is 2.45. The lowest BCUT2D eigenvalue weighted by molar-refractivity contribution is -0.115. The molecule has 3 rings (SSSR count). The normalized spacial score (nSPS) is 21.2. The fourth-order valence-electron chi connectivity index (χ4n) is 3.05. The Morgan fingerprint density at radius 2 is 2.20 bits per heavy atom. The summed E-state index contributed by atoms with van der Waals surface area (Å²) in [7, 11) is 0. The zero-order chi connectivity index (χ0) is 14.3. The maximum Gasteiger partial charge on any atom is 0.253 e. The first-order chi connectivity index (χ1) is 9.54. The highest BCUT2D eigenvalue weighted by Crippen LogP contribution is 2.28. The lowest BCUT2D eigenvalue weighted by Crippen LogP contribution is -2.29. The van der Waals surface area contributed by atoms with Gasteiger partial charge in [-0.3, -0.25) is 9.59 Å². The average molecular weight is 272 g/mol. The number of rotatable bonds is 2. The molecule has 0 bridgehead atoms. The maximum atomic E-state index is 12.5. The lowest BCUT2D eigenvalue weighted by Gasteiger charge is -2.18. The summed E-state index contributed by atoms with van der Waals surface area (Å²) < 4.78 is 0. The van der Waals surface area contributed by atoms with Crippen molar-refractivity contribution in [3.63, 3.8) is 0 Å². The van der Waals surface area contributed by atoms with Gasteiger partial charge in [0.05, 0.1) is 6.42 Å². The van der Waals surface area contributed by atoms with E-state index in [9.17, 15) is 9.59 Å². The summed E-state index contributed by atoms with van der Waals surface area (Å²) in [4.78, 5) is 25.8. The number of benzene rings is 1. The Hall–Kier alpha value is -1.84. The summed E-state index contributed by atoms with van der Waals surface area (Å²) in [6.45, 7) is 6.11. The molecule has 0 spiro atoms. The van der Waals surface area contributed by atoms with E-state index in [-0.39, 0.29) is 11.8 Å². The highest BCUT2D eigenvalue weighted by atomic mass is 16.2. The fourth-order valence-corrected chi connectivity index (χ4v) is 3.05. The molecule has 2 amide bonds. The van der Waals surface area contributed by atoms with Gasteiger partial charge in [0.25, 0.3) is 5.91 Å². The van der Waals surface area contributed by atoms with Crippen LogP contribution < -0.4 is 5.32 Å². The van der Waals surface area contributed by atoms with Gasteiger partial charge in [-0.2, -0.15) is 0 Å². The first kappa shape index (κ1) is 13.2. The molecule has 20 heavy (non-hydrogen) atoms. The van der Waals surface area contributed by atoms with Crippen LogP contribution in [0.2, 0.25) is 0 Å². The van der Waals surface area contributed by atoms with Crippen molar-refractivity contribution < 1.29 is 9.59 Å². The van der Waals surface area contributed by atoms with Crippen molar-refractivity contribution in [1.82, 2.24) is 4.90 Å². The average Bonchev–Trinajstić information content (AvgIpc) is 3.02. The topological polar surface area (TPSA) is 49.4 Å². The SMILES string of the molecule is CC(C)C1CCN(C(=O)c2ccc3c(c2)NC(=O)C3)C1. The van der Waals surface area contributed by atoms with E-state index in [1.807, 2.05) is 23.1 Å². The van der Waals surface area contributed by atoms with Gasteiger partial charge in [0.1, 0.15) is 0 Å². The van der Waals surface area contributed by atoms with Crippen LogP contribution in [-0.4, -0.2) is 29.8 Å². The van der Waals surface area contributed by atoms with Crippen LogP contribution in [0.15, 0.2) is 18.2 Å². The molecule has 1 saturated heterocycles. The van der Waals surface area contributed by atoms with Crippen LogP contribution in [0, 0.1) is 11.8 Å². The second kappa shape index (κ2) is 4.93. The third-order valence-electron chi connectivity index (χ3n) is 4.44. The molecule has 4 heteroatoms. The van der Waals surface area contributed by atoms with E-state index in [1.165, 1.54) is 0 Å². The molecule has 1 atom stereocenters. The molecular formula is C16H20N2O2. The van der Waals surface area contributed by atoms with E-state index in [2.05, 4.69) is 19.2 Å². The smallest absolute Gasteiger partial charge is 0.253 e. The number of hydrogen-bond acceptors (Lipinski definition) is 2. The van der Waals surface area contributed by atoms with Crippen molar-refractivity contribution in [2.75, 3.05) is 18.4 Å². The van der Waals surface area contributed by atoms with Crippen LogP contribution in [-0.2, 0) is 11.2 Å². The van der Waals surface area contributed by atoms with Crippen molar-refractivity contribution >= 4 is 17.5 Å². The van der Waals surface area contributed by atoms with Crippen LogP contribution in [0.4, 0.5) is 5.69 Å². The van der Waals surface area contributed by atoms with Crippen molar-refractivity contribution in [1.29, 1.82) is 0 Å². The van der Waals surface area contributed by atoms with Gasteiger partial charge >= 0.3 is 0 Å². The third-order valence-corrected chi connectivity index (χ3v) is 4.44. The molecule has 1 unspecified atom stereocenters. The number of amides is 2. The number of likely N-dealkylation sites (tertiary alicyclic amines) is 1. The van der Waals surface area contributed by atoms with Crippen molar-refractivity contribution in [2.24, 2.45) is 11.8 Å². The Kier molecular flexibility index (Phi) is 3.24. The molecule has 2 heterocycles. The molecule has 4 nitrogen and oxygen atoms in total. The predicted molar refractivity (Wildman–Crippen MR) is 77.6 cm³/mol. The molecule has 0 saturated carbocycles. The second-order valence-electron chi connectivity index (χ2n) is 6.14. The van der Waals surface area contributed by atoms with E-state index in [0.29, 0.717) is 23.8 Å². The number of hydrogen-bond donors (Lipinski definition) is 1. The number of nitrogens with one attached hydrogen (secondary N) is 1. The van der Waals surface area contributed by atoms with Crippen LogP contribution in [0.1, 0.15) is 36.2 Å². The zero-order valence-corrected chi connectivity index (χ0v) is 12.0. The van der Waals surface area contributed by atoms with Gasteiger partial charge in [-0.15, -0.1) is 0 Å². The summed E-state index contributed by atoms with van der Waals surface area (Å²) in [5, 5.41) is 2.80. The van der Waals surface area contributed by atoms with Gasteiger partial charge < -0.3 is 10.2 Å². The van der Waals surface area contributed by atoms with Crippen molar-refractivity contribution in [3.05, 3.63) is 29.3 Å². The molecule has 1 N–H and O–H groups in total. The lowest BCUT2D eigenvalue weighted by atomic mass is 9.95. The molecule has 2 aliphatic rings. The van der Waals surface area contributed by atoms with E-state index in [1.54, 1.807) is 0 Å². The number of anilines is 1. The Balaban J connectivity index is 1.76. The predicted octanol–water partition coefficient (Wildman–Crippen LogP) is 2.30. The van der Waals surface area contributed by atoms with E-state index in [4.69, 9.17) is 0 Å². The minimum atomic E-state index is 0.00523. The van der Waals surface area contributed by atoms with Gasteiger partial charge in [0, 0.05) is 24.3 Å². The third kappa shape index (κ3) is 2.30. The van der Waals surface area contributed by atoms with Crippen LogP contribution in [0.5, 0.6) is 0 Å². The van der Waals surface area contributed by atoms with Gasteiger partial charge in [-0.05, 0) is 36.0 Å². The Morgan fingerprint density at radius 3 is 2.90 bits per heavy atom. The Bertz CT molecular complexity index is 566. The first-order valence-corrected chi connectivity index (χ1v) is 7.26. The molecule has 106 valence electrons. The van der Waals surface area contributed by atoms with Crippen LogP contribution >= 0.6 is 0 Å². The summed E-state index contributed by atoms with van der Waals surface area (Å²) in [5.74, 6) is 1.31.